The van der Waals surface area contributed by atoms with Crippen LogP contribution in [-0.2, 0) is 9.53 Å². The summed E-state index contributed by atoms with van der Waals surface area (Å²) in [6.45, 7) is 2.99. The Labute approximate surface area is 137 Å². The SMILES string of the molecule is Cc1ccc(C(=O)O[C@H](C)C(=O)Nc2ccc(Cl)cn2)cc1F. The van der Waals surface area contributed by atoms with E-state index >= 15 is 0 Å². The van der Waals surface area contributed by atoms with Gasteiger partial charge in [-0.25, -0.2) is 14.2 Å². The predicted molar refractivity (Wildman–Crippen MR) is 83.9 cm³/mol. The lowest BCUT2D eigenvalue weighted by atomic mass is 10.1. The minimum absolute atomic E-state index is 0.0392. The maximum absolute atomic E-state index is 13.4. The van der Waals surface area contributed by atoms with Crippen LogP contribution in [-0.4, -0.2) is 23.0 Å². The fraction of sp³-hybridized carbons (Fsp3) is 0.188. The molecule has 1 N–H and O–H groups in total. The summed E-state index contributed by atoms with van der Waals surface area (Å²) in [7, 11) is 0. The number of hydrogen-bond acceptors (Lipinski definition) is 4. The Hall–Kier alpha value is -2.47. The number of ether oxygens (including phenoxy) is 1. The van der Waals surface area contributed by atoms with E-state index in [9.17, 15) is 14.0 Å². The molecule has 23 heavy (non-hydrogen) atoms. The Balaban J connectivity index is 1.98. The van der Waals surface area contributed by atoms with Gasteiger partial charge in [-0.15, -0.1) is 0 Å². The Bertz CT molecular complexity index is 735. The van der Waals surface area contributed by atoms with Gasteiger partial charge in [-0.2, -0.15) is 0 Å². The summed E-state index contributed by atoms with van der Waals surface area (Å²) in [5.74, 6) is -1.57. The molecule has 1 aromatic carbocycles. The molecule has 120 valence electrons. The number of pyridine rings is 1. The van der Waals surface area contributed by atoms with Gasteiger partial charge in [0.05, 0.1) is 10.6 Å². The number of carbonyl (C=O) groups is 2. The third-order valence-corrected chi connectivity index (χ3v) is 3.26. The minimum atomic E-state index is -1.07. The highest BCUT2D eigenvalue weighted by Gasteiger charge is 2.20. The highest BCUT2D eigenvalue weighted by atomic mass is 35.5. The number of anilines is 1. The quantitative estimate of drug-likeness (QED) is 0.869. The highest BCUT2D eigenvalue weighted by molar-refractivity contribution is 6.30. The second kappa shape index (κ2) is 7.19. The van der Waals surface area contributed by atoms with E-state index in [1.54, 1.807) is 13.0 Å². The number of hydrogen-bond donors (Lipinski definition) is 1. The molecule has 0 saturated carbocycles. The lowest BCUT2D eigenvalue weighted by Gasteiger charge is -2.13. The van der Waals surface area contributed by atoms with Gasteiger partial charge in [-0.3, -0.25) is 4.79 Å². The van der Waals surface area contributed by atoms with Gasteiger partial charge in [-0.1, -0.05) is 17.7 Å². The maximum atomic E-state index is 13.4. The van der Waals surface area contributed by atoms with E-state index < -0.39 is 23.8 Å². The predicted octanol–water partition coefficient (Wildman–Crippen LogP) is 3.37. The summed E-state index contributed by atoms with van der Waals surface area (Å²) in [5, 5.41) is 2.92. The molecule has 2 rings (SSSR count). The van der Waals surface area contributed by atoms with E-state index in [2.05, 4.69) is 10.3 Å². The molecule has 1 aromatic heterocycles. The molecular weight excluding hydrogens is 323 g/mol. The molecule has 0 aliphatic rings. The normalized spacial score (nSPS) is 11.7. The van der Waals surface area contributed by atoms with Crippen LogP contribution in [0.15, 0.2) is 36.5 Å². The number of aromatic nitrogens is 1. The topological polar surface area (TPSA) is 68.3 Å². The van der Waals surface area contributed by atoms with Crippen LogP contribution in [0.4, 0.5) is 10.2 Å². The van der Waals surface area contributed by atoms with E-state index in [1.165, 1.54) is 31.3 Å². The van der Waals surface area contributed by atoms with Crippen molar-refractivity contribution in [2.24, 2.45) is 0 Å². The zero-order chi connectivity index (χ0) is 17.0. The molecule has 7 heteroatoms. The molecule has 0 aliphatic carbocycles. The molecule has 0 bridgehead atoms. The van der Waals surface area contributed by atoms with E-state index in [1.807, 2.05) is 0 Å². The zero-order valence-electron chi connectivity index (χ0n) is 12.5. The number of benzene rings is 1. The van der Waals surface area contributed by atoms with Gasteiger partial charge in [0, 0.05) is 6.20 Å². The number of aryl methyl sites for hydroxylation is 1. The van der Waals surface area contributed by atoms with Crippen LogP contribution in [0.1, 0.15) is 22.8 Å². The fourth-order valence-corrected chi connectivity index (χ4v) is 1.79. The van der Waals surface area contributed by atoms with Crippen molar-refractivity contribution in [1.29, 1.82) is 0 Å². The van der Waals surface area contributed by atoms with Gasteiger partial charge in [0.15, 0.2) is 6.10 Å². The molecule has 1 atom stereocenters. The van der Waals surface area contributed by atoms with Crippen molar-refractivity contribution in [3.8, 4) is 0 Å². The third-order valence-electron chi connectivity index (χ3n) is 3.04. The smallest absolute Gasteiger partial charge is 0.339 e. The van der Waals surface area contributed by atoms with Crippen molar-refractivity contribution in [3.05, 3.63) is 58.5 Å². The molecule has 2 aromatic rings. The summed E-state index contributed by atoms with van der Waals surface area (Å²) < 4.78 is 18.5. The maximum Gasteiger partial charge on any atom is 0.339 e. The molecule has 0 unspecified atom stereocenters. The van der Waals surface area contributed by atoms with Crippen LogP contribution in [0.2, 0.25) is 5.02 Å². The van der Waals surface area contributed by atoms with Crippen LogP contribution in [0.25, 0.3) is 0 Å². The summed E-state index contributed by atoms with van der Waals surface area (Å²) in [6.07, 6.45) is 0.312. The van der Waals surface area contributed by atoms with Gasteiger partial charge in [0.1, 0.15) is 11.6 Å². The first kappa shape index (κ1) is 16.9. The van der Waals surface area contributed by atoms with E-state index in [4.69, 9.17) is 16.3 Å². The van der Waals surface area contributed by atoms with Gasteiger partial charge in [-0.05, 0) is 43.7 Å². The molecule has 5 nitrogen and oxygen atoms in total. The monoisotopic (exact) mass is 336 g/mol. The Morgan fingerprint density at radius 3 is 2.65 bits per heavy atom. The van der Waals surface area contributed by atoms with Gasteiger partial charge in [0.2, 0.25) is 0 Å². The number of carbonyl (C=O) groups excluding carboxylic acids is 2. The van der Waals surface area contributed by atoms with Crippen molar-refractivity contribution >= 4 is 29.3 Å². The molecule has 0 fully saturated rings. The number of rotatable bonds is 4. The number of esters is 1. The van der Waals surface area contributed by atoms with Crippen molar-refractivity contribution in [1.82, 2.24) is 4.98 Å². The molecule has 1 heterocycles. The van der Waals surface area contributed by atoms with Gasteiger partial charge < -0.3 is 10.1 Å². The van der Waals surface area contributed by atoms with Crippen LogP contribution in [0.3, 0.4) is 0 Å². The van der Waals surface area contributed by atoms with Crippen LogP contribution >= 0.6 is 11.6 Å². The van der Waals surface area contributed by atoms with Crippen molar-refractivity contribution in [3.63, 3.8) is 0 Å². The number of halogens is 2. The van der Waals surface area contributed by atoms with E-state index in [0.717, 1.165) is 6.07 Å². The van der Waals surface area contributed by atoms with Crippen molar-refractivity contribution in [2.75, 3.05) is 5.32 Å². The fourth-order valence-electron chi connectivity index (χ4n) is 1.68. The Morgan fingerprint density at radius 1 is 1.30 bits per heavy atom. The van der Waals surface area contributed by atoms with Crippen molar-refractivity contribution < 1.29 is 18.7 Å². The average Bonchev–Trinajstić information content (AvgIpc) is 2.52. The first-order valence-corrected chi connectivity index (χ1v) is 7.14. The molecule has 0 spiro atoms. The zero-order valence-corrected chi connectivity index (χ0v) is 13.2. The first-order valence-electron chi connectivity index (χ1n) is 6.76. The van der Waals surface area contributed by atoms with Crippen LogP contribution < -0.4 is 5.32 Å². The lowest BCUT2D eigenvalue weighted by molar-refractivity contribution is -0.123. The summed E-state index contributed by atoms with van der Waals surface area (Å²) >= 11 is 5.70. The third kappa shape index (κ3) is 4.50. The second-order valence-corrected chi connectivity index (χ2v) is 5.30. The van der Waals surface area contributed by atoms with E-state index in [-0.39, 0.29) is 11.4 Å². The number of nitrogens with zero attached hydrogens (tertiary/aromatic N) is 1. The molecular formula is C16H14ClFN2O3. The average molecular weight is 337 g/mol. The molecule has 0 radical (unpaired) electrons. The van der Waals surface area contributed by atoms with Crippen LogP contribution in [0, 0.1) is 12.7 Å². The van der Waals surface area contributed by atoms with Gasteiger partial charge >= 0.3 is 5.97 Å². The van der Waals surface area contributed by atoms with Gasteiger partial charge in [0.25, 0.3) is 5.91 Å². The highest BCUT2D eigenvalue weighted by Crippen LogP contribution is 2.13. The standard InChI is InChI=1S/C16H14ClFN2O3/c1-9-3-4-11(7-13(9)18)16(22)23-10(2)15(21)20-14-6-5-12(17)8-19-14/h3-8,10H,1-2H3,(H,19,20,21)/t10-/m1/s1. The molecule has 0 aliphatic heterocycles. The number of amides is 1. The second-order valence-electron chi connectivity index (χ2n) is 4.86. The summed E-state index contributed by atoms with van der Waals surface area (Å²) in [6, 6.07) is 7.06. The molecule has 1 amide bonds. The Morgan fingerprint density at radius 2 is 2.04 bits per heavy atom. The lowest BCUT2D eigenvalue weighted by Crippen LogP contribution is -2.30. The molecule has 0 saturated heterocycles. The summed E-state index contributed by atoms with van der Waals surface area (Å²) in [5.41, 5.74) is 0.457. The largest absolute Gasteiger partial charge is 0.449 e. The Kier molecular flexibility index (Phi) is 5.28. The minimum Gasteiger partial charge on any atom is -0.449 e. The summed E-state index contributed by atoms with van der Waals surface area (Å²) in [4.78, 5) is 27.8. The number of nitrogens with one attached hydrogen (secondary N) is 1. The van der Waals surface area contributed by atoms with E-state index in [0.29, 0.717) is 10.6 Å². The first-order chi connectivity index (χ1) is 10.9. The van der Waals surface area contributed by atoms with Crippen LogP contribution in [0.5, 0.6) is 0 Å². The van der Waals surface area contributed by atoms with Crippen molar-refractivity contribution in [2.45, 2.75) is 20.0 Å².